The van der Waals surface area contributed by atoms with Crippen LogP contribution in [0.25, 0.3) is 5.82 Å². The molecule has 8 heteroatoms. The first kappa shape index (κ1) is 18.9. The van der Waals surface area contributed by atoms with E-state index in [4.69, 9.17) is 4.74 Å². The van der Waals surface area contributed by atoms with Crippen LogP contribution in [0.1, 0.15) is 18.7 Å². The predicted molar refractivity (Wildman–Crippen MR) is 110 cm³/mol. The minimum atomic E-state index is -0.0339. The van der Waals surface area contributed by atoms with Gasteiger partial charge in [0.25, 0.3) is 0 Å². The van der Waals surface area contributed by atoms with E-state index in [0.29, 0.717) is 11.4 Å². The molecule has 3 heterocycles. The van der Waals surface area contributed by atoms with E-state index < -0.39 is 0 Å². The average Bonchev–Trinajstić information content (AvgIpc) is 3.20. The second-order valence-corrected chi connectivity index (χ2v) is 7.03. The third kappa shape index (κ3) is 4.06. The van der Waals surface area contributed by atoms with E-state index in [2.05, 4.69) is 25.2 Å². The van der Waals surface area contributed by atoms with Gasteiger partial charge in [-0.2, -0.15) is 0 Å². The highest BCUT2D eigenvalue weighted by molar-refractivity contribution is 5.94. The summed E-state index contributed by atoms with van der Waals surface area (Å²) in [6.07, 6.45) is 6.75. The van der Waals surface area contributed by atoms with Gasteiger partial charge in [-0.25, -0.2) is 15.0 Å². The zero-order valence-electron chi connectivity index (χ0n) is 16.6. The SMILES string of the molecule is COc1ccccc1NC(=O)C1CCN(c2cc(-n3ccnc3C)ncn2)CC1. The Labute approximate surface area is 169 Å². The number of hydrogen-bond acceptors (Lipinski definition) is 6. The number of carbonyl (C=O) groups is 1. The van der Waals surface area contributed by atoms with Gasteiger partial charge in [-0.05, 0) is 31.9 Å². The predicted octanol–water partition coefficient (Wildman–Crippen LogP) is 2.83. The van der Waals surface area contributed by atoms with Crippen LogP contribution in [0.15, 0.2) is 49.1 Å². The molecule has 3 aromatic rings. The first-order valence-corrected chi connectivity index (χ1v) is 9.67. The number of methoxy groups -OCH3 is 1. The highest BCUT2D eigenvalue weighted by atomic mass is 16.5. The number of carbonyl (C=O) groups excluding carboxylic acids is 1. The van der Waals surface area contributed by atoms with Crippen molar-refractivity contribution in [3.05, 3.63) is 54.9 Å². The van der Waals surface area contributed by atoms with Crippen molar-refractivity contribution < 1.29 is 9.53 Å². The monoisotopic (exact) mass is 392 g/mol. The lowest BCUT2D eigenvalue weighted by atomic mass is 9.95. The van der Waals surface area contributed by atoms with Gasteiger partial charge < -0.3 is 15.0 Å². The fourth-order valence-corrected chi connectivity index (χ4v) is 3.62. The number of anilines is 2. The number of benzene rings is 1. The lowest BCUT2D eigenvalue weighted by Gasteiger charge is -2.32. The Bertz CT molecular complexity index is 994. The summed E-state index contributed by atoms with van der Waals surface area (Å²) in [4.78, 5) is 27.9. The van der Waals surface area contributed by atoms with Crippen LogP contribution in [0.3, 0.4) is 0 Å². The summed E-state index contributed by atoms with van der Waals surface area (Å²) in [5.74, 6) is 3.20. The van der Waals surface area contributed by atoms with Gasteiger partial charge in [0.1, 0.15) is 29.5 Å². The molecule has 1 aromatic carbocycles. The molecule has 1 aliphatic rings. The van der Waals surface area contributed by atoms with E-state index >= 15 is 0 Å². The van der Waals surface area contributed by atoms with Gasteiger partial charge in [0.15, 0.2) is 0 Å². The summed E-state index contributed by atoms with van der Waals surface area (Å²) >= 11 is 0. The molecule has 4 rings (SSSR count). The molecular weight excluding hydrogens is 368 g/mol. The molecule has 0 spiro atoms. The van der Waals surface area contributed by atoms with Gasteiger partial charge in [0, 0.05) is 37.5 Å². The summed E-state index contributed by atoms with van der Waals surface area (Å²) < 4.78 is 7.24. The lowest BCUT2D eigenvalue weighted by Crippen LogP contribution is -2.38. The Morgan fingerprint density at radius 1 is 1.14 bits per heavy atom. The van der Waals surface area contributed by atoms with Crippen LogP contribution >= 0.6 is 0 Å². The van der Waals surface area contributed by atoms with Crippen molar-refractivity contribution in [2.75, 3.05) is 30.4 Å². The number of amides is 1. The summed E-state index contributed by atoms with van der Waals surface area (Å²) in [6, 6.07) is 9.42. The highest BCUT2D eigenvalue weighted by Crippen LogP contribution is 2.27. The van der Waals surface area contributed by atoms with Crippen LogP contribution in [0.5, 0.6) is 5.75 Å². The fourth-order valence-electron chi connectivity index (χ4n) is 3.62. The van der Waals surface area contributed by atoms with Gasteiger partial charge in [0.05, 0.1) is 12.8 Å². The number of nitrogens with zero attached hydrogens (tertiary/aromatic N) is 5. The Morgan fingerprint density at radius 2 is 1.90 bits per heavy atom. The van der Waals surface area contributed by atoms with Crippen LogP contribution in [-0.2, 0) is 4.79 Å². The van der Waals surface area contributed by atoms with Gasteiger partial charge >= 0.3 is 0 Å². The Balaban J connectivity index is 1.39. The molecule has 0 radical (unpaired) electrons. The number of hydrogen-bond donors (Lipinski definition) is 1. The number of rotatable bonds is 5. The molecule has 2 aromatic heterocycles. The van der Waals surface area contributed by atoms with Crippen LogP contribution in [0.4, 0.5) is 11.5 Å². The van der Waals surface area contributed by atoms with Crippen molar-refractivity contribution in [2.24, 2.45) is 5.92 Å². The quantitative estimate of drug-likeness (QED) is 0.719. The highest BCUT2D eigenvalue weighted by Gasteiger charge is 2.26. The van der Waals surface area contributed by atoms with Crippen LogP contribution in [-0.4, -0.2) is 45.6 Å². The number of imidazole rings is 1. The molecule has 0 saturated carbocycles. The van der Waals surface area contributed by atoms with E-state index in [1.165, 1.54) is 0 Å². The zero-order valence-corrected chi connectivity index (χ0v) is 16.6. The zero-order chi connectivity index (χ0) is 20.2. The van der Waals surface area contributed by atoms with Crippen LogP contribution in [0.2, 0.25) is 0 Å². The topological polar surface area (TPSA) is 85.2 Å². The minimum Gasteiger partial charge on any atom is -0.495 e. The van der Waals surface area contributed by atoms with Gasteiger partial charge in [0.2, 0.25) is 5.91 Å². The molecule has 1 amide bonds. The van der Waals surface area contributed by atoms with E-state index in [-0.39, 0.29) is 11.8 Å². The van der Waals surface area contributed by atoms with Crippen LogP contribution in [0, 0.1) is 12.8 Å². The van der Waals surface area contributed by atoms with Gasteiger partial charge in [-0.15, -0.1) is 0 Å². The van der Waals surface area contributed by atoms with Crippen molar-refractivity contribution in [1.82, 2.24) is 19.5 Å². The molecule has 0 unspecified atom stereocenters. The molecule has 1 aliphatic heterocycles. The number of aromatic nitrogens is 4. The number of para-hydroxylation sites is 2. The van der Waals surface area contributed by atoms with Gasteiger partial charge in [-0.3, -0.25) is 9.36 Å². The number of ether oxygens (including phenoxy) is 1. The molecular formula is C21H24N6O2. The maximum atomic E-state index is 12.7. The maximum absolute atomic E-state index is 12.7. The fraction of sp³-hybridized carbons (Fsp3) is 0.333. The molecule has 0 aliphatic carbocycles. The summed E-state index contributed by atoms with van der Waals surface area (Å²) in [5, 5.41) is 3.00. The van der Waals surface area contributed by atoms with Crippen molar-refractivity contribution in [3.8, 4) is 11.6 Å². The molecule has 29 heavy (non-hydrogen) atoms. The summed E-state index contributed by atoms with van der Waals surface area (Å²) in [5.41, 5.74) is 0.707. The largest absolute Gasteiger partial charge is 0.495 e. The first-order chi connectivity index (χ1) is 14.2. The Morgan fingerprint density at radius 3 is 2.62 bits per heavy atom. The van der Waals surface area contributed by atoms with Crippen LogP contribution < -0.4 is 15.0 Å². The standard InChI is InChI=1S/C21H24N6O2/c1-15-22-9-12-27(15)20-13-19(23-14-24-20)26-10-7-16(8-11-26)21(28)25-17-5-3-4-6-18(17)29-2/h3-6,9,12-14,16H,7-8,10-11H2,1-2H3,(H,25,28). The van der Waals surface area contributed by atoms with Crippen molar-refractivity contribution in [2.45, 2.75) is 19.8 Å². The molecule has 8 nitrogen and oxygen atoms in total. The summed E-state index contributed by atoms with van der Waals surface area (Å²) in [6.45, 7) is 3.47. The minimum absolute atomic E-state index is 0.0339. The van der Waals surface area contributed by atoms with Crippen molar-refractivity contribution in [1.29, 1.82) is 0 Å². The second kappa shape index (κ2) is 8.30. The lowest BCUT2D eigenvalue weighted by molar-refractivity contribution is -0.120. The molecule has 0 atom stereocenters. The van der Waals surface area contributed by atoms with Gasteiger partial charge in [-0.1, -0.05) is 12.1 Å². The average molecular weight is 392 g/mol. The first-order valence-electron chi connectivity index (χ1n) is 9.67. The summed E-state index contributed by atoms with van der Waals surface area (Å²) in [7, 11) is 1.60. The third-order valence-corrected chi connectivity index (χ3v) is 5.27. The molecule has 1 fully saturated rings. The third-order valence-electron chi connectivity index (χ3n) is 5.27. The van der Waals surface area contributed by atoms with E-state index in [1.807, 2.05) is 48.0 Å². The van der Waals surface area contributed by atoms with E-state index in [0.717, 1.165) is 43.4 Å². The smallest absolute Gasteiger partial charge is 0.227 e. The Kier molecular flexibility index (Phi) is 5.41. The molecule has 0 bridgehead atoms. The molecule has 150 valence electrons. The number of piperidine rings is 1. The van der Waals surface area contributed by atoms with Crippen molar-refractivity contribution in [3.63, 3.8) is 0 Å². The van der Waals surface area contributed by atoms with Crippen molar-refractivity contribution >= 4 is 17.4 Å². The van der Waals surface area contributed by atoms with E-state index in [1.54, 1.807) is 19.6 Å². The Hall–Kier alpha value is -3.42. The van der Waals surface area contributed by atoms with E-state index in [9.17, 15) is 4.79 Å². The number of aryl methyl sites for hydroxylation is 1. The second-order valence-electron chi connectivity index (χ2n) is 7.03. The molecule has 1 N–H and O–H groups in total. The maximum Gasteiger partial charge on any atom is 0.227 e. The molecule has 1 saturated heterocycles. The normalized spacial score (nSPS) is 14.6. The number of nitrogens with one attached hydrogen (secondary N) is 1.